The van der Waals surface area contributed by atoms with Crippen LogP contribution < -0.4 is 10.6 Å². The number of rotatable bonds is 2. The highest BCUT2D eigenvalue weighted by Crippen LogP contribution is 2.10. The number of hydrogen-bond donors (Lipinski definition) is 2. The number of thiophene rings is 1. The van der Waals surface area contributed by atoms with Crippen molar-refractivity contribution in [1.82, 2.24) is 10.6 Å². The molecule has 0 saturated carbocycles. The summed E-state index contributed by atoms with van der Waals surface area (Å²) >= 11 is 1.46. The van der Waals surface area contributed by atoms with Crippen LogP contribution in [-0.2, 0) is 0 Å². The van der Waals surface area contributed by atoms with E-state index < -0.39 is 0 Å². The topological polar surface area (TPSA) is 41.1 Å². The molecular weight excluding hydrogens is 184 g/mol. The summed E-state index contributed by atoms with van der Waals surface area (Å²) in [6.07, 6.45) is 1.61. The Morgan fingerprint density at radius 2 is 2.23 bits per heavy atom. The number of nitrogens with one attached hydrogen (secondary N) is 2. The smallest absolute Gasteiger partial charge is 0.199 e. The van der Waals surface area contributed by atoms with Crippen molar-refractivity contribution in [2.75, 3.05) is 13.1 Å². The first kappa shape index (κ1) is 8.31. The molecule has 4 heteroatoms. The van der Waals surface area contributed by atoms with Gasteiger partial charge in [-0.2, -0.15) is 0 Å². The maximum Gasteiger partial charge on any atom is 0.199 e. The first-order valence-corrected chi connectivity index (χ1v) is 5.01. The first-order chi connectivity index (χ1) is 6.36. The van der Waals surface area contributed by atoms with Crippen molar-refractivity contribution in [3.05, 3.63) is 34.3 Å². The van der Waals surface area contributed by atoms with E-state index in [9.17, 15) is 4.79 Å². The van der Waals surface area contributed by atoms with Crippen LogP contribution in [0.5, 0.6) is 0 Å². The predicted molar refractivity (Wildman–Crippen MR) is 52.7 cm³/mol. The van der Waals surface area contributed by atoms with Crippen LogP contribution in [0.15, 0.2) is 29.4 Å². The van der Waals surface area contributed by atoms with Gasteiger partial charge >= 0.3 is 0 Å². The van der Waals surface area contributed by atoms with Crippen LogP contribution in [0.3, 0.4) is 0 Å². The van der Waals surface area contributed by atoms with Crippen molar-refractivity contribution >= 4 is 17.1 Å². The van der Waals surface area contributed by atoms with Crippen molar-refractivity contribution in [1.29, 1.82) is 0 Å². The van der Waals surface area contributed by atoms with Crippen LogP contribution in [-0.4, -0.2) is 18.9 Å². The van der Waals surface area contributed by atoms with E-state index in [1.54, 1.807) is 6.08 Å². The molecule has 0 atom stereocenters. The van der Waals surface area contributed by atoms with Crippen LogP contribution in [0.1, 0.15) is 9.67 Å². The lowest BCUT2D eigenvalue weighted by molar-refractivity contribution is 0.104. The van der Waals surface area contributed by atoms with E-state index in [-0.39, 0.29) is 5.78 Å². The molecule has 1 fully saturated rings. The number of allylic oxidation sites excluding steroid dienone is 1. The summed E-state index contributed by atoms with van der Waals surface area (Å²) in [5, 5.41) is 8.07. The van der Waals surface area contributed by atoms with E-state index in [1.165, 1.54) is 11.3 Å². The van der Waals surface area contributed by atoms with Crippen LogP contribution in [0.25, 0.3) is 0 Å². The fourth-order valence-corrected chi connectivity index (χ4v) is 1.82. The molecule has 0 amide bonds. The molecule has 1 aromatic heterocycles. The van der Waals surface area contributed by atoms with Gasteiger partial charge in [-0.3, -0.25) is 4.79 Å². The number of hydrogen-bond acceptors (Lipinski definition) is 4. The first-order valence-electron chi connectivity index (χ1n) is 4.13. The number of carbonyl (C=O) groups excluding carboxylic acids is 1. The van der Waals surface area contributed by atoms with E-state index in [0.29, 0.717) is 0 Å². The van der Waals surface area contributed by atoms with Gasteiger partial charge in [-0.15, -0.1) is 11.3 Å². The second-order valence-electron chi connectivity index (χ2n) is 2.75. The maximum atomic E-state index is 11.5. The Bertz CT molecular complexity index is 321. The van der Waals surface area contributed by atoms with E-state index in [1.807, 2.05) is 17.5 Å². The van der Waals surface area contributed by atoms with E-state index in [2.05, 4.69) is 10.6 Å². The molecule has 1 aliphatic rings. The highest BCUT2D eigenvalue weighted by Gasteiger charge is 2.08. The Hall–Kier alpha value is -1.29. The van der Waals surface area contributed by atoms with Crippen LogP contribution in [0.4, 0.5) is 0 Å². The standard InChI is InChI=1S/C9H10N2OS/c12-7(8-2-1-5-13-8)6-9-10-3-4-11-9/h1-2,5-6,10-11H,3-4H2. The molecule has 1 aliphatic heterocycles. The third kappa shape index (κ3) is 1.89. The largest absolute Gasteiger partial charge is 0.370 e. The van der Waals surface area contributed by atoms with E-state index >= 15 is 0 Å². The molecule has 0 radical (unpaired) electrons. The predicted octanol–water partition coefficient (Wildman–Crippen LogP) is 0.965. The van der Waals surface area contributed by atoms with Crippen LogP contribution >= 0.6 is 11.3 Å². The highest BCUT2D eigenvalue weighted by molar-refractivity contribution is 7.12. The molecule has 1 aromatic rings. The summed E-state index contributed by atoms with van der Waals surface area (Å²) in [7, 11) is 0. The molecule has 68 valence electrons. The zero-order chi connectivity index (χ0) is 9.10. The van der Waals surface area contributed by atoms with E-state index in [4.69, 9.17) is 0 Å². The van der Waals surface area contributed by atoms with Crippen molar-refractivity contribution in [3.63, 3.8) is 0 Å². The second kappa shape index (κ2) is 3.62. The number of ketones is 1. The minimum Gasteiger partial charge on any atom is -0.370 e. The van der Waals surface area contributed by atoms with Gasteiger partial charge in [0.2, 0.25) is 0 Å². The van der Waals surface area contributed by atoms with Gasteiger partial charge in [0.25, 0.3) is 0 Å². The molecule has 0 spiro atoms. The molecule has 2 rings (SSSR count). The van der Waals surface area contributed by atoms with Gasteiger partial charge in [-0.05, 0) is 11.4 Å². The van der Waals surface area contributed by atoms with Crippen molar-refractivity contribution in [2.24, 2.45) is 0 Å². The Morgan fingerprint density at radius 1 is 1.46 bits per heavy atom. The Morgan fingerprint density at radius 3 is 2.85 bits per heavy atom. The van der Waals surface area contributed by atoms with Gasteiger partial charge in [0.1, 0.15) is 5.82 Å². The zero-order valence-electron chi connectivity index (χ0n) is 7.04. The third-order valence-electron chi connectivity index (χ3n) is 1.80. The monoisotopic (exact) mass is 194 g/mol. The molecule has 13 heavy (non-hydrogen) atoms. The second-order valence-corrected chi connectivity index (χ2v) is 3.70. The summed E-state index contributed by atoms with van der Waals surface area (Å²) in [5.74, 6) is 0.894. The SMILES string of the molecule is O=C(C=C1NCCN1)c1cccs1. The summed E-state index contributed by atoms with van der Waals surface area (Å²) in [4.78, 5) is 12.3. The highest BCUT2D eigenvalue weighted by atomic mass is 32.1. The Balaban J connectivity index is 2.10. The Kier molecular flexibility index (Phi) is 2.31. The van der Waals surface area contributed by atoms with Crippen molar-refractivity contribution in [3.8, 4) is 0 Å². The Labute approximate surface area is 80.5 Å². The molecule has 2 N–H and O–H groups in total. The normalized spacial score (nSPS) is 14.9. The molecule has 0 bridgehead atoms. The van der Waals surface area contributed by atoms with Gasteiger partial charge in [0, 0.05) is 19.2 Å². The quantitative estimate of drug-likeness (QED) is 0.544. The lowest BCUT2D eigenvalue weighted by atomic mass is 10.3. The van der Waals surface area contributed by atoms with Gasteiger partial charge < -0.3 is 10.6 Å². The third-order valence-corrected chi connectivity index (χ3v) is 2.68. The van der Waals surface area contributed by atoms with Gasteiger partial charge in [0.15, 0.2) is 5.78 Å². The summed E-state index contributed by atoms with van der Waals surface area (Å²) in [6.45, 7) is 1.78. The maximum absolute atomic E-state index is 11.5. The molecule has 3 nitrogen and oxygen atoms in total. The number of carbonyl (C=O) groups is 1. The lowest BCUT2D eigenvalue weighted by Crippen LogP contribution is -2.11. The molecular formula is C9H10N2OS. The fourth-order valence-electron chi connectivity index (χ4n) is 1.18. The summed E-state index contributed by atoms with van der Waals surface area (Å²) < 4.78 is 0. The minimum absolute atomic E-state index is 0.0619. The molecule has 0 aliphatic carbocycles. The molecule has 2 heterocycles. The summed E-state index contributed by atoms with van der Waals surface area (Å²) in [6, 6.07) is 3.71. The van der Waals surface area contributed by atoms with E-state index in [0.717, 1.165) is 23.8 Å². The average Bonchev–Trinajstić information content (AvgIpc) is 2.74. The average molecular weight is 194 g/mol. The van der Waals surface area contributed by atoms with Gasteiger partial charge in [0.05, 0.1) is 4.88 Å². The molecule has 0 unspecified atom stereocenters. The molecule has 1 saturated heterocycles. The summed E-state index contributed by atoms with van der Waals surface area (Å²) in [5.41, 5.74) is 0. The minimum atomic E-state index is 0.0619. The zero-order valence-corrected chi connectivity index (χ0v) is 7.86. The van der Waals surface area contributed by atoms with Gasteiger partial charge in [-0.25, -0.2) is 0 Å². The fraction of sp³-hybridized carbons (Fsp3) is 0.222. The van der Waals surface area contributed by atoms with Crippen LogP contribution in [0.2, 0.25) is 0 Å². The lowest BCUT2D eigenvalue weighted by Gasteiger charge is -1.96. The molecule has 0 aromatic carbocycles. The van der Waals surface area contributed by atoms with Crippen molar-refractivity contribution < 1.29 is 4.79 Å². The van der Waals surface area contributed by atoms with Crippen molar-refractivity contribution in [2.45, 2.75) is 0 Å². The van der Waals surface area contributed by atoms with Crippen LogP contribution in [0, 0.1) is 0 Å². The van der Waals surface area contributed by atoms with Gasteiger partial charge in [-0.1, -0.05) is 6.07 Å².